The van der Waals surface area contributed by atoms with E-state index in [1.807, 2.05) is 72.9 Å². The second-order valence-electron chi connectivity index (χ2n) is 6.98. The van der Waals surface area contributed by atoms with E-state index in [4.69, 9.17) is 9.47 Å². The van der Waals surface area contributed by atoms with Crippen molar-refractivity contribution in [2.45, 2.75) is 12.0 Å². The summed E-state index contributed by atoms with van der Waals surface area (Å²) >= 11 is 0. The van der Waals surface area contributed by atoms with Crippen molar-refractivity contribution in [3.05, 3.63) is 102 Å². The Morgan fingerprint density at radius 2 is 1.31 bits per heavy atom. The van der Waals surface area contributed by atoms with E-state index in [0.717, 1.165) is 28.3 Å². The molecule has 0 bridgehead atoms. The molecule has 0 saturated carbocycles. The first-order valence-corrected chi connectivity index (χ1v) is 9.52. The zero-order valence-electron chi connectivity index (χ0n) is 16.5. The maximum atomic E-state index is 12.7. The van der Waals surface area contributed by atoms with Gasteiger partial charge in [-0.05, 0) is 53.6 Å². The third-order valence-corrected chi connectivity index (χ3v) is 5.42. The van der Waals surface area contributed by atoms with Crippen molar-refractivity contribution < 1.29 is 14.3 Å². The minimum absolute atomic E-state index is 0.0921. The zero-order valence-corrected chi connectivity index (χ0v) is 16.5. The molecule has 1 aliphatic rings. The lowest BCUT2D eigenvalue weighted by molar-refractivity contribution is -0.115. The largest absolute Gasteiger partial charge is 0.497 e. The number of carbonyl (C=O) groups is 1. The number of ether oxygens (including phenoxy) is 2. The molecular weight excluding hydrogens is 362 g/mol. The van der Waals surface area contributed by atoms with Gasteiger partial charge in [-0.1, -0.05) is 42.5 Å². The third-order valence-electron chi connectivity index (χ3n) is 5.42. The Morgan fingerprint density at radius 1 is 0.759 bits per heavy atom. The van der Waals surface area contributed by atoms with E-state index in [1.165, 1.54) is 0 Å². The van der Waals surface area contributed by atoms with Crippen LogP contribution in [-0.4, -0.2) is 20.0 Å². The molecular formula is C25H23NO3. The van der Waals surface area contributed by atoms with Gasteiger partial charge in [0.2, 0.25) is 0 Å². The van der Waals surface area contributed by atoms with Crippen LogP contribution < -0.4 is 14.4 Å². The molecule has 146 valence electrons. The molecule has 4 rings (SSSR count). The Bertz CT molecular complexity index is 1010. The first-order valence-electron chi connectivity index (χ1n) is 9.52. The molecule has 0 amide bonds. The van der Waals surface area contributed by atoms with Crippen LogP contribution >= 0.6 is 0 Å². The summed E-state index contributed by atoms with van der Waals surface area (Å²) < 4.78 is 10.7. The lowest BCUT2D eigenvalue weighted by Gasteiger charge is -2.46. The fourth-order valence-electron chi connectivity index (χ4n) is 3.96. The average molecular weight is 385 g/mol. The monoisotopic (exact) mass is 385 g/mol. The van der Waals surface area contributed by atoms with Crippen molar-refractivity contribution in [3.8, 4) is 11.5 Å². The highest BCUT2D eigenvalue weighted by molar-refractivity contribution is 5.94. The normalized spacial score (nSPS) is 18.6. The van der Waals surface area contributed by atoms with Gasteiger partial charge in [0.25, 0.3) is 0 Å². The van der Waals surface area contributed by atoms with Crippen molar-refractivity contribution in [3.63, 3.8) is 0 Å². The molecule has 3 aromatic carbocycles. The molecule has 29 heavy (non-hydrogen) atoms. The molecule has 0 radical (unpaired) electrons. The fraction of sp³-hybridized carbons (Fsp3) is 0.160. The number of ketones is 1. The van der Waals surface area contributed by atoms with Crippen LogP contribution in [0.1, 0.15) is 17.5 Å². The molecule has 0 fully saturated rings. The Kier molecular flexibility index (Phi) is 5.09. The molecule has 0 aromatic heterocycles. The van der Waals surface area contributed by atoms with Crippen LogP contribution in [0.25, 0.3) is 0 Å². The molecule has 1 unspecified atom stereocenters. The summed E-state index contributed by atoms with van der Waals surface area (Å²) in [5.41, 5.74) is 2.40. The summed E-state index contributed by atoms with van der Waals surface area (Å²) in [6, 6.07) is 26.0. The number of anilines is 1. The molecule has 1 aliphatic heterocycles. The van der Waals surface area contributed by atoms with Crippen LogP contribution in [0.3, 0.4) is 0 Å². The van der Waals surface area contributed by atoms with Gasteiger partial charge in [-0.3, -0.25) is 4.79 Å². The molecule has 0 spiro atoms. The minimum Gasteiger partial charge on any atom is -0.497 e. The van der Waals surface area contributed by atoms with Gasteiger partial charge in [0.15, 0.2) is 5.78 Å². The Labute approximate surface area is 171 Å². The summed E-state index contributed by atoms with van der Waals surface area (Å²) in [7, 11) is 3.30. The predicted molar refractivity (Wildman–Crippen MR) is 114 cm³/mol. The van der Waals surface area contributed by atoms with Crippen molar-refractivity contribution in [1.82, 2.24) is 0 Å². The summed E-state index contributed by atoms with van der Waals surface area (Å²) in [4.78, 5) is 14.8. The molecule has 3 aromatic rings. The highest BCUT2D eigenvalue weighted by atomic mass is 16.5. The number of carbonyl (C=O) groups excluding carboxylic acids is 1. The SMILES string of the molecule is COc1ccc(N2C=CC(=O)CC2(c2ccccc2)c2ccc(OC)cc2)cc1. The summed E-state index contributed by atoms with van der Waals surface area (Å²) in [6.07, 6.45) is 3.87. The Morgan fingerprint density at radius 3 is 1.90 bits per heavy atom. The summed E-state index contributed by atoms with van der Waals surface area (Å²) in [5.74, 6) is 1.67. The van der Waals surface area contributed by atoms with Gasteiger partial charge in [-0.2, -0.15) is 0 Å². The van der Waals surface area contributed by atoms with E-state index in [2.05, 4.69) is 17.0 Å². The lowest BCUT2D eigenvalue weighted by atomic mass is 9.75. The van der Waals surface area contributed by atoms with Crippen molar-refractivity contribution >= 4 is 11.5 Å². The van der Waals surface area contributed by atoms with Crippen LogP contribution in [0.4, 0.5) is 5.69 Å². The number of methoxy groups -OCH3 is 2. The number of rotatable bonds is 5. The van der Waals surface area contributed by atoms with Crippen LogP contribution in [0.15, 0.2) is 91.1 Å². The molecule has 4 heteroatoms. The summed E-state index contributed by atoms with van der Waals surface area (Å²) in [5, 5.41) is 0. The molecule has 0 aliphatic carbocycles. The van der Waals surface area contributed by atoms with Crippen LogP contribution in [0, 0.1) is 0 Å². The smallest absolute Gasteiger partial charge is 0.160 e. The van der Waals surface area contributed by atoms with E-state index in [9.17, 15) is 4.79 Å². The van der Waals surface area contributed by atoms with Gasteiger partial charge >= 0.3 is 0 Å². The van der Waals surface area contributed by atoms with Gasteiger partial charge < -0.3 is 14.4 Å². The number of benzene rings is 3. The number of nitrogens with zero attached hydrogens (tertiary/aromatic N) is 1. The first-order chi connectivity index (χ1) is 14.2. The standard InChI is InChI=1S/C25H23NO3/c1-28-23-12-8-20(9-13-23)25(19-6-4-3-5-7-19)18-22(27)16-17-26(25)21-10-14-24(29-2)15-11-21/h3-17H,18H2,1-2H3. The van der Waals surface area contributed by atoms with Gasteiger partial charge in [0.05, 0.1) is 14.2 Å². The maximum absolute atomic E-state index is 12.7. The van der Waals surface area contributed by atoms with Crippen molar-refractivity contribution in [1.29, 1.82) is 0 Å². The Balaban J connectivity index is 1.94. The topological polar surface area (TPSA) is 38.8 Å². The molecule has 1 heterocycles. The molecule has 1 atom stereocenters. The molecule has 0 N–H and O–H groups in total. The van der Waals surface area contributed by atoms with E-state index >= 15 is 0 Å². The summed E-state index contributed by atoms with van der Waals surface area (Å²) in [6.45, 7) is 0. The first kappa shape index (κ1) is 18.8. The third kappa shape index (κ3) is 3.38. The fourth-order valence-corrected chi connectivity index (χ4v) is 3.96. The number of hydrogen-bond donors (Lipinski definition) is 0. The van der Waals surface area contributed by atoms with E-state index in [0.29, 0.717) is 6.42 Å². The van der Waals surface area contributed by atoms with E-state index in [-0.39, 0.29) is 5.78 Å². The Hall–Kier alpha value is -3.53. The highest BCUT2D eigenvalue weighted by Crippen LogP contribution is 2.45. The molecule has 4 nitrogen and oxygen atoms in total. The molecule has 0 saturated heterocycles. The number of hydrogen-bond acceptors (Lipinski definition) is 4. The van der Waals surface area contributed by atoms with E-state index in [1.54, 1.807) is 20.3 Å². The van der Waals surface area contributed by atoms with Gasteiger partial charge in [0, 0.05) is 18.3 Å². The maximum Gasteiger partial charge on any atom is 0.160 e. The quantitative estimate of drug-likeness (QED) is 0.624. The van der Waals surface area contributed by atoms with Crippen molar-refractivity contribution in [2.75, 3.05) is 19.1 Å². The van der Waals surface area contributed by atoms with Gasteiger partial charge in [0.1, 0.15) is 17.0 Å². The zero-order chi connectivity index (χ0) is 20.3. The second-order valence-corrected chi connectivity index (χ2v) is 6.98. The predicted octanol–water partition coefficient (Wildman–Crippen LogP) is 4.94. The van der Waals surface area contributed by atoms with Crippen LogP contribution in [-0.2, 0) is 10.3 Å². The van der Waals surface area contributed by atoms with Crippen LogP contribution in [0.2, 0.25) is 0 Å². The lowest BCUT2D eigenvalue weighted by Crippen LogP contribution is -2.48. The van der Waals surface area contributed by atoms with E-state index < -0.39 is 5.54 Å². The van der Waals surface area contributed by atoms with Crippen molar-refractivity contribution in [2.24, 2.45) is 0 Å². The average Bonchev–Trinajstić information content (AvgIpc) is 2.79. The van der Waals surface area contributed by atoms with Gasteiger partial charge in [-0.15, -0.1) is 0 Å². The second kappa shape index (κ2) is 7.84. The highest BCUT2D eigenvalue weighted by Gasteiger charge is 2.43. The minimum atomic E-state index is -0.659. The number of allylic oxidation sites excluding steroid dienone is 1. The van der Waals surface area contributed by atoms with Gasteiger partial charge in [-0.25, -0.2) is 0 Å². The van der Waals surface area contributed by atoms with Crippen LogP contribution in [0.5, 0.6) is 11.5 Å².